The largest absolute Gasteiger partial charge is 0.491 e. The molecule has 3 heterocycles. The van der Waals surface area contributed by atoms with Crippen LogP contribution in [0.1, 0.15) is 29.1 Å². The minimum absolute atomic E-state index is 0.0749. The Morgan fingerprint density at radius 1 is 1.26 bits per heavy atom. The first-order valence-corrected chi connectivity index (χ1v) is 9.54. The Morgan fingerprint density at radius 2 is 2.15 bits per heavy atom. The molecule has 1 aliphatic heterocycles. The van der Waals surface area contributed by atoms with Crippen molar-refractivity contribution in [3.8, 4) is 16.5 Å². The van der Waals surface area contributed by atoms with Crippen LogP contribution in [0.3, 0.4) is 0 Å². The van der Waals surface area contributed by atoms with Gasteiger partial charge in [0.05, 0.1) is 16.5 Å². The van der Waals surface area contributed by atoms with Gasteiger partial charge in [0.2, 0.25) is 5.82 Å². The van der Waals surface area contributed by atoms with Crippen LogP contribution in [-0.2, 0) is 16.1 Å². The second-order valence-corrected chi connectivity index (χ2v) is 6.98. The highest BCUT2D eigenvalue weighted by molar-refractivity contribution is 7.13. The lowest BCUT2D eigenvalue weighted by Crippen LogP contribution is -2.16. The van der Waals surface area contributed by atoms with Crippen LogP contribution >= 0.6 is 11.3 Å². The van der Waals surface area contributed by atoms with Gasteiger partial charge in [-0.3, -0.25) is 0 Å². The van der Waals surface area contributed by atoms with Crippen molar-refractivity contribution in [1.82, 2.24) is 10.1 Å². The molecule has 0 amide bonds. The number of nitrogens with zero attached hydrogens (tertiary/aromatic N) is 2. The van der Waals surface area contributed by atoms with E-state index in [-0.39, 0.29) is 18.6 Å². The number of carbonyl (C=O) groups excluding carboxylic acids is 1. The van der Waals surface area contributed by atoms with Crippen molar-refractivity contribution in [3.63, 3.8) is 0 Å². The lowest BCUT2D eigenvalue weighted by Gasteiger charge is -2.11. The first kappa shape index (κ1) is 17.7. The molecule has 1 aromatic carbocycles. The number of thiophene rings is 1. The minimum Gasteiger partial charge on any atom is -0.491 e. The van der Waals surface area contributed by atoms with Crippen LogP contribution in [0.4, 0.5) is 0 Å². The molecule has 27 heavy (non-hydrogen) atoms. The van der Waals surface area contributed by atoms with Gasteiger partial charge in [-0.25, -0.2) is 4.79 Å². The Hall–Kier alpha value is -2.71. The van der Waals surface area contributed by atoms with Gasteiger partial charge in [-0.2, -0.15) is 4.98 Å². The van der Waals surface area contributed by atoms with E-state index in [0.717, 1.165) is 24.3 Å². The fourth-order valence-corrected chi connectivity index (χ4v) is 3.33. The van der Waals surface area contributed by atoms with Crippen LogP contribution in [0, 0.1) is 0 Å². The molecule has 0 bridgehead atoms. The van der Waals surface area contributed by atoms with Crippen LogP contribution in [0.25, 0.3) is 10.7 Å². The fourth-order valence-electron chi connectivity index (χ4n) is 2.68. The first-order valence-electron chi connectivity index (χ1n) is 8.66. The van der Waals surface area contributed by atoms with Crippen LogP contribution in [0.15, 0.2) is 46.3 Å². The lowest BCUT2D eigenvalue weighted by atomic mass is 10.2. The molecule has 8 heteroatoms. The topological polar surface area (TPSA) is 83.7 Å². The second-order valence-electron chi connectivity index (χ2n) is 6.04. The second kappa shape index (κ2) is 8.32. The molecule has 1 saturated heterocycles. The Morgan fingerprint density at radius 3 is 2.89 bits per heavy atom. The number of esters is 1. The van der Waals surface area contributed by atoms with E-state index in [2.05, 4.69) is 10.1 Å². The molecule has 7 nitrogen and oxygen atoms in total. The van der Waals surface area contributed by atoms with Crippen molar-refractivity contribution in [2.75, 3.05) is 13.2 Å². The maximum atomic E-state index is 12.2. The third kappa shape index (κ3) is 4.53. The quantitative estimate of drug-likeness (QED) is 0.572. The third-order valence-electron chi connectivity index (χ3n) is 4.09. The van der Waals surface area contributed by atoms with Crippen molar-refractivity contribution in [3.05, 3.63) is 53.2 Å². The summed E-state index contributed by atoms with van der Waals surface area (Å²) in [6.07, 6.45) is 2.25. The number of benzene rings is 1. The summed E-state index contributed by atoms with van der Waals surface area (Å²) in [5.41, 5.74) is 0.428. The van der Waals surface area contributed by atoms with Crippen LogP contribution < -0.4 is 4.74 Å². The lowest BCUT2D eigenvalue weighted by molar-refractivity contribution is 0.0429. The summed E-state index contributed by atoms with van der Waals surface area (Å²) in [7, 11) is 0. The van der Waals surface area contributed by atoms with Crippen LogP contribution in [0.5, 0.6) is 5.75 Å². The van der Waals surface area contributed by atoms with Gasteiger partial charge in [0.15, 0.2) is 6.61 Å². The van der Waals surface area contributed by atoms with Crippen molar-refractivity contribution >= 4 is 17.3 Å². The van der Waals surface area contributed by atoms with E-state index in [1.54, 1.807) is 24.3 Å². The predicted octanol–water partition coefficient (Wildman–Crippen LogP) is 3.71. The summed E-state index contributed by atoms with van der Waals surface area (Å²) < 4.78 is 21.5. The molecule has 0 saturated carbocycles. The zero-order valence-electron chi connectivity index (χ0n) is 14.5. The van der Waals surface area contributed by atoms with Crippen LogP contribution in [-0.4, -0.2) is 35.4 Å². The number of carbonyl (C=O) groups is 1. The molecule has 0 radical (unpaired) electrons. The molecule has 1 atom stereocenters. The fraction of sp³-hybridized carbons (Fsp3) is 0.316. The van der Waals surface area contributed by atoms with Gasteiger partial charge in [-0.05, 0) is 48.6 Å². The Balaban J connectivity index is 1.28. The monoisotopic (exact) mass is 386 g/mol. The number of hydrogen-bond donors (Lipinski definition) is 0. The van der Waals surface area contributed by atoms with E-state index in [4.69, 9.17) is 18.7 Å². The number of aromatic nitrogens is 2. The van der Waals surface area contributed by atoms with Gasteiger partial charge in [-0.1, -0.05) is 11.2 Å². The molecule has 0 unspecified atom stereocenters. The first-order chi connectivity index (χ1) is 13.3. The zero-order chi connectivity index (χ0) is 18.5. The van der Waals surface area contributed by atoms with Crippen LogP contribution in [0.2, 0.25) is 0 Å². The summed E-state index contributed by atoms with van der Waals surface area (Å²) in [5, 5.41) is 5.81. The summed E-state index contributed by atoms with van der Waals surface area (Å²) in [4.78, 5) is 17.3. The molecule has 0 aliphatic carbocycles. The van der Waals surface area contributed by atoms with Crippen molar-refractivity contribution in [2.24, 2.45) is 0 Å². The summed E-state index contributed by atoms with van der Waals surface area (Å²) >= 11 is 1.51. The Kier molecular flexibility index (Phi) is 5.45. The molecular formula is C19H18N2O5S. The highest BCUT2D eigenvalue weighted by atomic mass is 32.1. The molecule has 1 aliphatic rings. The van der Waals surface area contributed by atoms with E-state index < -0.39 is 5.97 Å². The van der Waals surface area contributed by atoms with Gasteiger partial charge in [0, 0.05) is 6.61 Å². The molecule has 0 spiro atoms. The average Bonchev–Trinajstić information content (AvgIpc) is 3.47. The maximum absolute atomic E-state index is 12.2. The van der Waals surface area contributed by atoms with Gasteiger partial charge in [-0.15, -0.1) is 11.3 Å². The zero-order valence-corrected chi connectivity index (χ0v) is 15.3. The molecule has 1 fully saturated rings. The normalized spacial score (nSPS) is 16.4. The van der Waals surface area contributed by atoms with Crippen molar-refractivity contribution in [1.29, 1.82) is 0 Å². The molecular weight excluding hydrogens is 368 g/mol. The molecule has 2 aromatic heterocycles. The van der Waals surface area contributed by atoms with Crippen molar-refractivity contribution < 1.29 is 23.5 Å². The summed E-state index contributed by atoms with van der Waals surface area (Å²) in [6, 6.07) is 10.6. The number of rotatable bonds is 7. The average molecular weight is 386 g/mol. The van der Waals surface area contributed by atoms with Gasteiger partial charge in [0.25, 0.3) is 5.89 Å². The van der Waals surface area contributed by atoms with E-state index in [0.29, 0.717) is 23.7 Å². The summed E-state index contributed by atoms with van der Waals surface area (Å²) in [5.74, 6) is 0.975. The predicted molar refractivity (Wildman–Crippen MR) is 97.6 cm³/mol. The van der Waals surface area contributed by atoms with E-state index >= 15 is 0 Å². The number of ether oxygens (including phenoxy) is 3. The maximum Gasteiger partial charge on any atom is 0.338 e. The van der Waals surface area contributed by atoms with E-state index in [9.17, 15) is 4.79 Å². The summed E-state index contributed by atoms with van der Waals surface area (Å²) in [6.45, 7) is 1.25. The van der Waals surface area contributed by atoms with E-state index in [1.807, 2.05) is 17.5 Å². The highest BCUT2D eigenvalue weighted by Crippen LogP contribution is 2.21. The Bertz CT molecular complexity index is 870. The SMILES string of the molecule is O=C(OCc1nc(-c2cccs2)no1)c1ccc(OC[C@@H]2CCCO2)cc1. The smallest absolute Gasteiger partial charge is 0.338 e. The van der Waals surface area contributed by atoms with E-state index in [1.165, 1.54) is 11.3 Å². The molecule has 0 N–H and O–H groups in total. The highest BCUT2D eigenvalue weighted by Gasteiger charge is 2.16. The number of hydrogen-bond acceptors (Lipinski definition) is 8. The molecule has 3 aromatic rings. The Labute approximate surface area is 159 Å². The third-order valence-corrected chi connectivity index (χ3v) is 4.95. The molecule has 140 valence electrons. The minimum atomic E-state index is -0.462. The van der Waals surface area contributed by atoms with Gasteiger partial charge in [0.1, 0.15) is 12.4 Å². The van der Waals surface area contributed by atoms with Crippen molar-refractivity contribution in [2.45, 2.75) is 25.6 Å². The van der Waals surface area contributed by atoms with Gasteiger partial charge >= 0.3 is 5.97 Å². The standard InChI is InChI=1S/C19H18N2O5S/c22-19(25-12-17-20-18(21-26-17)16-4-2-10-27-16)13-5-7-14(8-6-13)24-11-15-3-1-9-23-15/h2,4-8,10,15H,1,3,9,11-12H2/t15-/m0/s1. The molecule has 4 rings (SSSR count). The van der Waals surface area contributed by atoms with Gasteiger partial charge < -0.3 is 18.7 Å².